The van der Waals surface area contributed by atoms with Crippen LogP contribution in [0.5, 0.6) is 0 Å². The van der Waals surface area contributed by atoms with Crippen molar-refractivity contribution in [3.8, 4) is 11.4 Å². The molecule has 2 atom stereocenters. The van der Waals surface area contributed by atoms with E-state index in [9.17, 15) is 9.00 Å². The van der Waals surface area contributed by atoms with Gasteiger partial charge in [0.1, 0.15) is 11.8 Å². The summed E-state index contributed by atoms with van der Waals surface area (Å²) in [6.07, 6.45) is 8.82. The Bertz CT molecular complexity index is 1550. The zero-order valence-electron chi connectivity index (χ0n) is 22.1. The van der Waals surface area contributed by atoms with E-state index in [1.807, 2.05) is 26.8 Å². The molecule has 0 radical (unpaired) electrons. The maximum atomic E-state index is 13.7. The highest BCUT2D eigenvalue weighted by atomic mass is 32.2. The normalized spacial score (nSPS) is 14.9. The Kier molecular flexibility index (Phi) is 7.55. The van der Waals surface area contributed by atoms with E-state index in [-0.39, 0.29) is 17.4 Å². The molecule has 0 bridgehead atoms. The molecular formula is C27H32N8O2S. The van der Waals surface area contributed by atoms with Crippen molar-refractivity contribution in [1.82, 2.24) is 34.5 Å². The van der Waals surface area contributed by atoms with Crippen molar-refractivity contribution in [2.75, 3.05) is 11.1 Å². The number of pyridine rings is 1. The molecule has 5 rings (SSSR count). The quantitative estimate of drug-likeness (QED) is 0.317. The fourth-order valence-corrected chi connectivity index (χ4v) is 5.34. The van der Waals surface area contributed by atoms with Crippen molar-refractivity contribution in [3.05, 3.63) is 58.3 Å². The lowest BCUT2D eigenvalue weighted by Gasteiger charge is -2.19. The summed E-state index contributed by atoms with van der Waals surface area (Å²) in [5.41, 5.74) is 4.15. The van der Waals surface area contributed by atoms with E-state index in [0.717, 1.165) is 48.3 Å². The van der Waals surface area contributed by atoms with Crippen molar-refractivity contribution >= 4 is 27.8 Å². The molecular weight excluding hydrogens is 500 g/mol. The lowest BCUT2D eigenvalue weighted by Crippen LogP contribution is -2.28. The maximum Gasteiger partial charge on any atom is 0.295 e. The summed E-state index contributed by atoms with van der Waals surface area (Å²) in [6, 6.07) is 3.53. The van der Waals surface area contributed by atoms with Gasteiger partial charge in [-0.1, -0.05) is 20.3 Å². The monoisotopic (exact) mass is 532 g/mol. The Morgan fingerprint density at radius 3 is 2.61 bits per heavy atom. The molecule has 10 nitrogen and oxygen atoms in total. The molecule has 1 fully saturated rings. The van der Waals surface area contributed by atoms with Crippen LogP contribution in [-0.4, -0.2) is 44.4 Å². The Balaban J connectivity index is 1.54. The first-order valence-corrected chi connectivity index (χ1v) is 14.4. The van der Waals surface area contributed by atoms with Gasteiger partial charge in [0.25, 0.3) is 5.56 Å². The van der Waals surface area contributed by atoms with Gasteiger partial charge < -0.3 is 5.32 Å². The van der Waals surface area contributed by atoms with Crippen LogP contribution < -0.4 is 10.9 Å². The third-order valence-corrected chi connectivity index (χ3v) is 8.08. The summed E-state index contributed by atoms with van der Waals surface area (Å²) in [5, 5.41) is 3.15. The van der Waals surface area contributed by atoms with Gasteiger partial charge in [-0.2, -0.15) is 0 Å². The van der Waals surface area contributed by atoms with Crippen LogP contribution in [-0.2, 0) is 17.3 Å². The average Bonchev–Trinajstić information content (AvgIpc) is 3.77. The Hall–Kier alpha value is -3.60. The summed E-state index contributed by atoms with van der Waals surface area (Å²) in [6.45, 7) is 8.23. The van der Waals surface area contributed by atoms with E-state index >= 15 is 0 Å². The molecule has 2 unspecified atom stereocenters. The third-order valence-electron chi connectivity index (χ3n) is 6.79. The van der Waals surface area contributed by atoms with Crippen LogP contribution in [0.15, 0.2) is 40.5 Å². The average molecular weight is 533 g/mol. The molecule has 1 aliphatic carbocycles. The second-order valence-corrected chi connectivity index (χ2v) is 11.4. The minimum atomic E-state index is -1.06. The van der Waals surface area contributed by atoms with Crippen LogP contribution in [0.1, 0.15) is 75.5 Å². The SMILES string of the molecule is CCCC(C)n1c(=O)c(NCc2ccc(S(=O)CC)cn2)nc2cnc(-c3c(C)ncnc3C3CC3)nc21. The highest BCUT2D eigenvalue weighted by Gasteiger charge is 2.30. The van der Waals surface area contributed by atoms with Gasteiger partial charge >= 0.3 is 0 Å². The standard InChI is InChI=1S/C27H32N8O2S/c1-5-7-16(3)35-26-21(14-30-24(34-26)22-17(4)31-15-32-23(22)18-8-9-18)33-25(27(35)36)29-12-19-10-11-20(13-28-19)38(37)6-2/h10-11,13-16,18H,5-9,12H2,1-4H3,(H,29,33). The predicted molar refractivity (Wildman–Crippen MR) is 147 cm³/mol. The molecule has 0 amide bonds. The van der Waals surface area contributed by atoms with Gasteiger partial charge in [0.2, 0.25) is 0 Å². The van der Waals surface area contributed by atoms with Crippen molar-refractivity contribution in [1.29, 1.82) is 0 Å². The summed E-state index contributed by atoms with van der Waals surface area (Å²) in [5.74, 6) is 1.68. The Morgan fingerprint density at radius 2 is 1.92 bits per heavy atom. The largest absolute Gasteiger partial charge is 0.360 e. The molecule has 1 aliphatic rings. The number of nitrogens with one attached hydrogen (secondary N) is 1. The highest BCUT2D eigenvalue weighted by molar-refractivity contribution is 7.85. The van der Waals surface area contributed by atoms with Crippen molar-refractivity contribution < 1.29 is 4.21 Å². The molecule has 0 aromatic carbocycles. The second-order valence-electron chi connectivity index (χ2n) is 9.64. The Morgan fingerprint density at radius 1 is 1.11 bits per heavy atom. The first-order valence-electron chi connectivity index (χ1n) is 13.1. The molecule has 38 heavy (non-hydrogen) atoms. The summed E-state index contributed by atoms with van der Waals surface area (Å²) < 4.78 is 13.7. The zero-order valence-corrected chi connectivity index (χ0v) is 23.0. The lowest BCUT2D eigenvalue weighted by molar-refractivity contribution is 0.497. The molecule has 4 heterocycles. The van der Waals surface area contributed by atoms with Crippen molar-refractivity contribution in [2.45, 2.75) is 76.8 Å². The van der Waals surface area contributed by atoms with Gasteiger partial charge in [-0.05, 0) is 45.2 Å². The number of aryl methyl sites for hydroxylation is 1. The minimum Gasteiger partial charge on any atom is -0.360 e. The summed E-state index contributed by atoms with van der Waals surface area (Å²) in [7, 11) is -1.06. The van der Waals surface area contributed by atoms with Crippen molar-refractivity contribution in [3.63, 3.8) is 0 Å². The topological polar surface area (TPSA) is 128 Å². The van der Waals surface area contributed by atoms with E-state index in [4.69, 9.17) is 4.98 Å². The number of nitrogens with zero attached hydrogens (tertiary/aromatic N) is 7. The fourth-order valence-electron chi connectivity index (χ4n) is 4.62. The van der Waals surface area contributed by atoms with E-state index in [2.05, 4.69) is 37.2 Å². The molecule has 4 aromatic rings. The number of aromatic nitrogens is 7. The van der Waals surface area contributed by atoms with Gasteiger partial charge in [0, 0.05) is 23.9 Å². The lowest BCUT2D eigenvalue weighted by atomic mass is 10.1. The maximum absolute atomic E-state index is 13.7. The molecule has 11 heteroatoms. The van der Waals surface area contributed by atoms with E-state index < -0.39 is 10.8 Å². The smallest absolute Gasteiger partial charge is 0.295 e. The molecule has 198 valence electrons. The Labute approximate surface area is 223 Å². The first kappa shape index (κ1) is 26.0. The third kappa shape index (κ3) is 5.20. The second kappa shape index (κ2) is 11.0. The number of hydrogen-bond acceptors (Lipinski definition) is 9. The molecule has 0 aliphatic heterocycles. The van der Waals surface area contributed by atoms with Crippen LogP contribution in [0.4, 0.5) is 5.82 Å². The van der Waals surface area contributed by atoms with Crippen LogP contribution >= 0.6 is 0 Å². The van der Waals surface area contributed by atoms with Crippen LogP contribution in [0.3, 0.4) is 0 Å². The number of rotatable bonds is 10. The molecule has 4 aromatic heterocycles. The predicted octanol–water partition coefficient (Wildman–Crippen LogP) is 4.33. The fraction of sp³-hybridized carbons (Fsp3) is 0.444. The van der Waals surface area contributed by atoms with Crippen LogP contribution in [0, 0.1) is 6.92 Å². The molecule has 0 spiro atoms. The van der Waals surface area contributed by atoms with Gasteiger partial charge in [-0.25, -0.2) is 24.9 Å². The molecule has 0 saturated heterocycles. The first-order chi connectivity index (χ1) is 18.4. The summed E-state index contributed by atoms with van der Waals surface area (Å²) >= 11 is 0. The number of anilines is 1. The van der Waals surface area contributed by atoms with Gasteiger partial charge in [-0.3, -0.25) is 18.6 Å². The zero-order chi connectivity index (χ0) is 26.8. The number of hydrogen-bond donors (Lipinski definition) is 1. The number of fused-ring (bicyclic) bond motifs is 1. The summed E-state index contributed by atoms with van der Waals surface area (Å²) in [4.78, 5) is 41.8. The van der Waals surface area contributed by atoms with E-state index in [1.165, 1.54) is 0 Å². The minimum absolute atomic E-state index is 0.0845. The van der Waals surface area contributed by atoms with E-state index in [1.54, 1.807) is 29.4 Å². The molecule has 1 N–H and O–H groups in total. The van der Waals surface area contributed by atoms with Crippen LogP contribution in [0.2, 0.25) is 0 Å². The van der Waals surface area contributed by atoms with Gasteiger partial charge in [0.05, 0.1) is 51.1 Å². The highest BCUT2D eigenvalue weighted by Crippen LogP contribution is 2.43. The van der Waals surface area contributed by atoms with Gasteiger partial charge in [0.15, 0.2) is 17.3 Å². The van der Waals surface area contributed by atoms with Crippen LogP contribution in [0.25, 0.3) is 22.6 Å². The van der Waals surface area contributed by atoms with Crippen molar-refractivity contribution in [2.24, 2.45) is 0 Å². The van der Waals surface area contributed by atoms with Gasteiger partial charge in [-0.15, -0.1) is 0 Å². The molecule has 1 saturated carbocycles. The van der Waals surface area contributed by atoms with E-state index in [0.29, 0.717) is 40.1 Å².